The number of rotatable bonds is 7. The normalized spacial score (nSPS) is 45.3. The average molecular weight is 553 g/mol. The smallest absolute Gasteiger partial charge is 0.306 e. The monoisotopic (exact) mass is 552 g/mol. The summed E-state index contributed by atoms with van der Waals surface area (Å²) in [4.78, 5) is 12.9. The van der Waals surface area contributed by atoms with Crippen molar-refractivity contribution >= 4 is 5.97 Å². The molecule has 40 heavy (non-hydrogen) atoms. The van der Waals surface area contributed by atoms with E-state index < -0.39 is 0 Å². The molecule has 5 aliphatic rings. The first-order chi connectivity index (χ1) is 18.6. The van der Waals surface area contributed by atoms with Gasteiger partial charge >= 0.3 is 5.97 Å². The Kier molecular flexibility index (Phi) is 8.00. The fourth-order valence-electron chi connectivity index (χ4n) is 11.8. The Morgan fingerprint density at radius 2 is 1.52 bits per heavy atom. The number of esters is 1. The fraction of sp³-hybridized carbons (Fsp3) is 0.921. The molecule has 0 amide bonds. The third kappa shape index (κ3) is 4.76. The highest BCUT2D eigenvalue weighted by atomic mass is 16.5. The topological polar surface area (TPSA) is 26.3 Å². The van der Waals surface area contributed by atoms with E-state index in [1.54, 1.807) is 0 Å². The summed E-state index contributed by atoms with van der Waals surface area (Å²) in [5, 5.41) is 0. The zero-order valence-corrected chi connectivity index (χ0v) is 28.0. The van der Waals surface area contributed by atoms with E-state index in [9.17, 15) is 4.79 Å². The van der Waals surface area contributed by atoms with Gasteiger partial charge in [-0.1, -0.05) is 99.6 Å². The Hall–Kier alpha value is -0.790. The highest BCUT2D eigenvalue weighted by Gasteiger charge is 2.68. The maximum atomic E-state index is 12.9. The third-order valence-electron chi connectivity index (χ3n) is 14.8. The van der Waals surface area contributed by atoms with Crippen LogP contribution >= 0.6 is 0 Å². The Morgan fingerprint density at radius 3 is 2.25 bits per heavy atom. The molecule has 228 valence electrons. The maximum Gasteiger partial charge on any atom is 0.306 e. The van der Waals surface area contributed by atoms with Gasteiger partial charge in [0.2, 0.25) is 0 Å². The van der Waals surface area contributed by atoms with Gasteiger partial charge in [-0.2, -0.15) is 0 Å². The van der Waals surface area contributed by atoms with E-state index in [0.29, 0.717) is 39.4 Å². The van der Waals surface area contributed by atoms with Gasteiger partial charge in [-0.3, -0.25) is 4.79 Å². The summed E-state index contributed by atoms with van der Waals surface area (Å²) in [5.74, 6) is 2.17. The molecule has 8 atom stereocenters. The summed E-state index contributed by atoms with van der Waals surface area (Å²) >= 11 is 0. The van der Waals surface area contributed by atoms with E-state index in [1.807, 2.05) is 5.57 Å². The number of allylic oxidation sites excluding steroid dienone is 2. The third-order valence-corrected chi connectivity index (χ3v) is 14.8. The SMILES string of the molecule is CCCCCCCC(=O)O[C@H]1CC[C@@]2(C)C(CC[C@]3(C)C2CC=C2C4CC(C)(C)CC[C@]4(C)CC[C@]23C)C1(C)C. The van der Waals surface area contributed by atoms with E-state index in [-0.39, 0.29) is 17.5 Å². The Bertz CT molecular complexity index is 989. The van der Waals surface area contributed by atoms with Crippen LogP contribution in [0.15, 0.2) is 11.6 Å². The van der Waals surface area contributed by atoms with Crippen LogP contribution in [-0.4, -0.2) is 12.1 Å². The summed E-state index contributed by atoms with van der Waals surface area (Å²) in [7, 11) is 0. The van der Waals surface area contributed by atoms with E-state index in [2.05, 4.69) is 68.4 Å². The number of ether oxygens (including phenoxy) is 1. The van der Waals surface area contributed by atoms with Gasteiger partial charge in [-0.15, -0.1) is 0 Å². The van der Waals surface area contributed by atoms with Crippen molar-refractivity contribution in [3.63, 3.8) is 0 Å². The van der Waals surface area contributed by atoms with Crippen molar-refractivity contribution in [2.45, 2.75) is 171 Å². The van der Waals surface area contributed by atoms with Crippen molar-refractivity contribution in [3.8, 4) is 0 Å². The highest BCUT2D eigenvalue weighted by Crippen LogP contribution is 2.75. The van der Waals surface area contributed by atoms with Crippen LogP contribution in [0.4, 0.5) is 0 Å². The van der Waals surface area contributed by atoms with Crippen molar-refractivity contribution < 1.29 is 9.53 Å². The number of carbonyl (C=O) groups is 1. The van der Waals surface area contributed by atoms with E-state index >= 15 is 0 Å². The molecule has 0 saturated heterocycles. The Morgan fingerprint density at radius 1 is 0.825 bits per heavy atom. The zero-order chi connectivity index (χ0) is 29.2. The molecule has 5 rings (SSSR count). The molecule has 2 nitrogen and oxygen atoms in total. The summed E-state index contributed by atoms with van der Waals surface area (Å²) in [6, 6.07) is 0. The van der Waals surface area contributed by atoms with Crippen molar-refractivity contribution in [1.29, 1.82) is 0 Å². The molecule has 0 N–H and O–H groups in total. The molecule has 4 fully saturated rings. The molecule has 3 unspecified atom stereocenters. The van der Waals surface area contributed by atoms with Crippen molar-refractivity contribution in [2.75, 3.05) is 0 Å². The molecule has 0 aromatic rings. The van der Waals surface area contributed by atoms with Gasteiger partial charge in [0.15, 0.2) is 0 Å². The highest BCUT2D eigenvalue weighted by molar-refractivity contribution is 5.69. The van der Waals surface area contributed by atoms with Crippen LogP contribution in [0.3, 0.4) is 0 Å². The number of unbranched alkanes of at least 4 members (excludes halogenated alkanes) is 4. The average Bonchev–Trinajstić information content (AvgIpc) is 2.87. The quantitative estimate of drug-likeness (QED) is 0.178. The van der Waals surface area contributed by atoms with Crippen LogP contribution in [0.1, 0.15) is 165 Å². The molecule has 0 aromatic carbocycles. The van der Waals surface area contributed by atoms with Gasteiger partial charge < -0.3 is 4.74 Å². The maximum absolute atomic E-state index is 12.9. The molecule has 5 aliphatic carbocycles. The van der Waals surface area contributed by atoms with Crippen LogP contribution in [0.2, 0.25) is 0 Å². The minimum Gasteiger partial charge on any atom is -0.462 e. The lowest BCUT2D eigenvalue weighted by molar-refractivity contribution is -0.212. The first-order valence-electron chi connectivity index (χ1n) is 17.5. The summed E-state index contributed by atoms with van der Waals surface area (Å²) in [6.07, 6.45) is 22.5. The second-order valence-electron chi connectivity index (χ2n) is 17.9. The van der Waals surface area contributed by atoms with Gasteiger partial charge in [0.25, 0.3) is 0 Å². The minimum atomic E-state index is 0.0373. The van der Waals surface area contributed by atoms with Crippen LogP contribution in [-0.2, 0) is 9.53 Å². The van der Waals surface area contributed by atoms with Gasteiger partial charge in [-0.25, -0.2) is 0 Å². The lowest BCUT2D eigenvalue weighted by Gasteiger charge is -2.71. The van der Waals surface area contributed by atoms with Crippen molar-refractivity contribution in [3.05, 3.63) is 11.6 Å². The first-order valence-corrected chi connectivity index (χ1v) is 17.5. The summed E-state index contributed by atoms with van der Waals surface area (Å²) < 4.78 is 6.31. The number of hydrogen-bond acceptors (Lipinski definition) is 2. The Labute approximate surface area is 248 Å². The molecule has 4 saturated carbocycles. The molecule has 0 aromatic heterocycles. The first kappa shape index (κ1) is 30.7. The second-order valence-corrected chi connectivity index (χ2v) is 17.9. The van der Waals surface area contributed by atoms with Crippen LogP contribution in [0.5, 0.6) is 0 Å². The predicted octanol–water partition coefficient (Wildman–Crippen LogP) is 11.1. The van der Waals surface area contributed by atoms with Gasteiger partial charge in [0, 0.05) is 11.8 Å². The molecule has 0 aliphatic heterocycles. The van der Waals surface area contributed by atoms with Gasteiger partial charge in [-0.05, 0) is 115 Å². The lowest BCUT2D eigenvalue weighted by Crippen LogP contribution is -2.64. The number of hydrogen-bond donors (Lipinski definition) is 0. The molecule has 0 spiro atoms. The summed E-state index contributed by atoms with van der Waals surface area (Å²) in [6.45, 7) is 22.9. The summed E-state index contributed by atoms with van der Waals surface area (Å²) in [5.41, 5.74) is 3.89. The van der Waals surface area contributed by atoms with Gasteiger partial charge in [0.05, 0.1) is 0 Å². The zero-order valence-electron chi connectivity index (χ0n) is 28.0. The number of fused-ring (bicyclic) bond motifs is 7. The fourth-order valence-corrected chi connectivity index (χ4v) is 11.8. The molecule has 0 bridgehead atoms. The molecule has 2 heteroatoms. The van der Waals surface area contributed by atoms with E-state index in [0.717, 1.165) is 31.1 Å². The standard InChI is InChI=1S/C38H64O2/c1-10-11-12-13-14-15-32(39)40-31-19-20-36(7)29(34(31,4)5)18-21-38(9)30(36)17-16-27-28-26-33(2,3)22-23-35(28,6)24-25-37(27,38)8/h16,28-31H,10-15,17-26H2,1-9H3/t28?,29?,30?,31-,35+,36-,37+,38+/m0/s1. The van der Waals surface area contributed by atoms with E-state index in [1.165, 1.54) is 77.0 Å². The van der Waals surface area contributed by atoms with Gasteiger partial charge in [0.1, 0.15) is 6.10 Å². The Balaban J connectivity index is 1.36. The van der Waals surface area contributed by atoms with Crippen LogP contribution in [0.25, 0.3) is 0 Å². The largest absolute Gasteiger partial charge is 0.462 e. The minimum absolute atomic E-state index is 0.0373. The van der Waals surface area contributed by atoms with Crippen LogP contribution in [0, 0.1) is 50.2 Å². The van der Waals surface area contributed by atoms with Crippen LogP contribution < -0.4 is 0 Å². The predicted molar refractivity (Wildman–Crippen MR) is 168 cm³/mol. The second kappa shape index (κ2) is 10.4. The molecule has 0 radical (unpaired) electrons. The van der Waals surface area contributed by atoms with E-state index in [4.69, 9.17) is 4.74 Å². The molecule has 0 heterocycles. The van der Waals surface area contributed by atoms with Crippen molar-refractivity contribution in [2.24, 2.45) is 50.2 Å². The molecular formula is C38H64O2. The lowest BCUT2D eigenvalue weighted by atomic mass is 9.33. The molecular weight excluding hydrogens is 488 g/mol. The number of carbonyl (C=O) groups excluding carboxylic acids is 1. The van der Waals surface area contributed by atoms with Crippen molar-refractivity contribution in [1.82, 2.24) is 0 Å².